The molecule has 5 rings (SSSR count). The molecule has 2 atom stereocenters. The number of aromatic nitrogens is 1. The lowest BCUT2D eigenvalue weighted by Crippen LogP contribution is -2.41. The SMILES string of the molecule is Cc1cc(Br)c2c(c1)CCc1cc(Br)cnc1[C@@H]2C1CCN(C(=O)C[C@@H]2CCN(S(C)(=O)=O)C2)CC1. The number of carbonyl (C=O) groups is 1. The maximum absolute atomic E-state index is 13.1. The van der Waals surface area contributed by atoms with Crippen molar-refractivity contribution in [3.8, 4) is 0 Å². The van der Waals surface area contributed by atoms with Gasteiger partial charge in [-0.25, -0.2) is 12.7 Å². The van der Waals surface area contributed by atoms with Crippen molar-refractivity contribution in [2.75, 3.05) is 32.4 Å². The van der Waals surface area contributed by atoms with Crippen LogP contribution in [0.15, 0.2) is 33.3 Å². The summed E-state index contributed by atoms with van der Waals surface area (Å²) in [6.45, 7) is 4.62. The number of sulfonamides is 1. The summed E-state index contributed by atoms with van der Waals surface area (Å²) in [6.07, 6.45) is 8.22. The highest BCUT2D eigenvalue weighted by atomic mass is 79.9. The summed E-state index contributed by atoms with van der Waals surface area (Å²) in [5, 5.41) is 0. The van der Waals surface area contributed by atoms with E-state index in [2.05, 4.69) is 57.0 Å². The number of carbonyl (C=O) groups excluding carboxylic acids is 1. The zero-order valence-corrected chi connectivity index (χ0v) is 24.8. The van der Waals surface area contributed by atoms with Crippen molar-refractivity contribution in [1.29, 1.82) is 0 Å². The van der Waals surface area contributed by atoms with E-state index in [1.807, 2.05) is 11.1 Å². The number of halogens is 2. The number of nitrogens with zero attached hydrogens (tertiary/aromatic N) is 3. The molecule has 0 N–H and O–H groups in total. The second-order valence-corrected chi connectivity index (χ2v) is 14.4. The number of rotatable bonds is 4. The molecule has 0 unspecified atom stereocenters. The Bertz CT molecular complexity index is 1280. The van der Waals surface area contributed by atoms with Gasteiger partial charge in [0.25, 0.3) is 0 Å². The first kappa shape index (κ1) is 26.3. The zero-order chi connectivity index (χ0) is 25.6. The Morgan fingerprint density at radius 1 is 1.06 bits per heavy atom. The molecule has 0 bridgehead atoms. The fourth-order valence-electron chi connectivity index (χ4n) is 6.34. The van der Waals surface area contributed by atoms with Crippen LogP contribution in [0.3, 0.4) is 0 Å². The number of aryl methyl sites for hydroxylation is 3. The molecule has 1 aliphatic carbocycles. The van der Waals surface area contributed by atoms with Gasteiger partial charge in [0.15, 0.2) is 0 Å². The van der Waals surface area contributed by atoms with E-state index in [4.69, 9.17) is 4.98 Å². The van der Waals surface area contributed by atoms with Crippen LogP contribution in [0.25, 0.3) is 0 Å². The molecule has 9 heteroatoms. The highest BCUT2D eigenvalue weighted by Gasteiger charge is 2.37. The lowest BCUT2D eigenvalue weighted by atomic mass is 9.76. The van der Waals surface area contributed by atoms with Gasteiger partial charge in [0, 0.05) is 53.7 Å². The molecule has 6 nitrogen and oxygen atoms in total. The summed E-state index contributed by atoms with van der Waals surface area (Å²) in [7, 11) is -3.18. The smallest absolute Gasteiger partial charge is 0.222 e. The Morgan fingerprint density at radius 2 is 1.78 bits per heavy atom. The van der Waals surface area contributed by atoms with Gasteiger partial charge in [0.1, 0.15) is 0 Å². The first-order valence-corrected chi connectivity index (χ1v) is 16.2. The zero-order valence-electron chi connectivity index (χ0n) is 20.8. The van der Waals surface area contributed by atoms with Gasteiger partial charge in [-0.15, -0.1) is 0 Å². The Balaban J connectivity index is 1.33. The molecule has 0 radical (unpaired) electrons. The largest absolute Gasteiger partial charge is 0.343 e. The van der Waals surface area contributed by atoms with Crippen LogP contribution in [0.5, 0.6) is 0 Å². The van der Waals surface area contributed by atoms with E-state index in [0.717, 1.165) is 54.1 Å². The van der Waals surface area contributed by atoms with Crippen LogP contribution in [0.4, 0.5) is 0 Å². The van der Waals surface area contributed by atoms with Crippen molar-refractivity contribution in [3.05, 3.63) is 61.3 Å². The molecule has 1 amide bonds. The third kappa shape index (κ3) is 5.45. The molecule has 0 spiro atoms. The fraction of sp³-hybridized carbons (Fsp3) is 0.556. The molecule has 194 valence electrons. The number of amides is 1. The minimum Gasteiger partial charge on any atom is -0.343 e. The van der Waals surface area contributed by atoms with Gasteiger partial charge in [-0.2, -0.15) is 0 Å². The Labute approximate surface area is 231 Å². The van der Waals surface area contributed by atoms with E-state index in [1.54, 1.807) is 0 Å². The maximum Gasteiger partial charge on any atom is 0.222 e. The van der Waals surface area contributed by atoms with E-state index in [-0.39, 0.29) is 17.7 Å². The van der Waals surface area contributed by atoms with Crippen molar-refractivity contribution in [2.24, 2.45) is 11.8 Å². The first-order chi connectivity index (χ1) is 17.1. The highest BCUT2D eigenvalue weighted by Crippen LogP contribution is 2.45. The summed E-state index contributed by atoms with van der Waals surface area (Å²) < 4.78 is 27.3. The maximum atomic E-state index is 13.1. The molecule has 3 aliphatic rings. The van der Waals surface area contributed by atoms with Crippen LogP contribution >= 0.6 is 31.9 Å². The van der Waals surface area contributed by atoms with E-state index >= 15 is 0 Å². The van der Waals surface area contributed by atoms with Crippen LogP contribution < -0.4 is 0 Å². The van der Waals surface area contributed by atoms with E-state index in [9.17, 15) is 13.2 Å². The normalized spacial score (nSPS) is 23.3. The van der Waals surface area contributed by atoms with Crippen LogP contribution in [0.2, 0.25) is 0 Å². The summed E-state index contributed by atoms with van der Waals surface area (Å²) >= 11 is 7.51. The molecule has 1 aromatic heterocycles. The van der Waals surface area contributed by atoms with Crippen molar-refractivity contribution in [3.63, 3.8) is 0 Å². The number of likely N-dealkylation sites (tertiary alicyclic amines) is 1. The van der Waals surface area contributed by atoms with Gasteiger partial charge >= 0.3 is 0 Å². The second kappa shape index (κ2) is 10.5. The third-order valence-corrected chi connectivity index (χ3v) is 10.5. The van der Waals surface area contributed by atoms with Crippen molar-refractivity contribution < 1.29 is 13.2 Å². The van der Waals surface area contributed by atoms with Gasteiger partial charge in [-0.05, 0) is 101 Å². The number of piperidine rings is 1. The molecule has 1 aromatic carbocycles. The molecule has 2 saturated heterocycles. The van der Waals surface area contributed by atoms with E-state index in [1.165, 1.54) is 38.5 Å². The number of hydrogen-bond donors (Lipinski definition) is 0. The molecule has 0 saturated carbocycles. The molecular weight excluding hydrogens is 606 g/mol. The summed E-state index contributed by atoms with van der Waals surface area (Å²) in [6, 6.07) is 6.77. The quantitative estimate of drug-likeness (QED) is 0.470. The molecule has 3 heterocycles. The van der Waals surface area contributed by atoms with Gasteiger partial charge in [0.05, 0.1) is 11.9 Å². The van der Waals surface area contributed by atoms with Crippen molar-refractivity contribution in [1.82, 2.24) is 14.2 Å². The Hall–Kier alpha value is -1.29. The number of fused-ring (bicyclic) bond motifs is 2. The Kier molecular flexibility index (Phi) is 7.65. The van der Waals surface area contributed by atoms with Crippen molar-refractivity contribution in [2.45, 2.75) is 51.4 Å². The van der Waals surface area contributed by atoms with Crippen LogP contribution in [-0.4, -0.2) is 60.9 Å². The topological polar surface area (TPSA) is 70.6 Å². The van der Waals surface area contributed by atoms with E-state index < -0.39 is 10.0 Å². The van der Waals surface area contributed by atoms with E-state index in [0.29, 0.717) is 25.4 Å². The standard InChI is InChI=1S/C27H33Br2N3O3S/c1-17-11-20-3-4-21-14-22(28)15-30-27(21)26(25(20)23(29)12-17)19-6-8-31(9-7-19)24(33)13-18-5-10-32(16-18)36(2,34)35/h11-12,14-15,18-19,26H,3-10,13,16H2,1-2H3/t18-,26+/m0/s1. The van der Waals surface area contributed by atoms with Crippen molar-refractivity contribution >= 4 is 47.8 Å². The van der Waals surface area contributed by atoms with Gasteiger partial charge < -0.3 is 4.90 Å². The number of hydrogen-bond acceptors (Lipinski definition) is 4. The molecule has 36 heavy (non-hydrogen) atoms. The number of benzene rings is 1. The summed E-state index contributed by atoms with van der Waals surface area (Å²) in [5.41, 5.74) is 6.52. The first-order valence-electron chi connectivity index (χ1n) is 12.8. The summed E-state index contributed by atoms with van der Waals surface area (Å²) in [4.78, 5) is 20.0. The molecule has 2 aliphatic heterocycles. The van der Waals surface area contributed by atoms with Gasteiger partial charge in [-0.3, -0.25) is 9.78 Å². The lowest BCUT2D eigenvalue weighted by molar-refractivity contribution is -0.133. The minimum absolute atomic E-state index is 0.118. The summed E-state index contributed by atoms with van der Waals surface area (Å²) in [5.74, 6) is 0.891. The average Bonchev–Trinajstić information content (AvgIpc) is 3.23. The third-order valence-electron chi connectivity index (χ3n) is 8.14. The molecule has 2 fully saturated rings. The fourth-order valence-corrected chi connectivity index (χ4v) is 8.50. The number of pyridine rings is 1. The minimum atomic E-state index is -3.18. The predicted octanol–water partition coefficient (Wildman–Crippen LogP) is 5.06. The average molecular weight is 639 g/mol. The Morgan fingerprint density at radius 3 is 2.47 bits per heavy atom. The van der Waals surface area contributed by atoms with Crippen LogP contribution in [0.1, 0.15) is 59.5 Å². The second-order valence-electron chi connectivity index (χ2n) is 10.7. The predicted molar refractivity (Wildman–Crippen MR) is 149 cm³/mol. The van der Waals surface area contributed by atoms with Gasteiger partial charge in [-0.1, -0.05) is 22.0 Å². The molecule has 2 aromatic rings. The lowest BCUT2D eigenvalue weighted by Gasteiger charge is -2.37. The monoisotopic (exact) mass is 637 g/mol. The highest BCUT2D eigenvalue weighted by molar-refractivity contribution is 9.10. The van der Waals surface area contributed by atoms with Crippen LogP contribution in [0, 0.1) is 18.8 Å². The van der Waals surface area contributed by atoms with Crippen LogP contribution in [-0.2, 0) is 27.7 Å². The van der Waals surface area contributed by atoms with Gasteiger partial charge in [0.2, 0.25) is 15.9 Å². The molecular formula is C27H33Br2N3O3S.